The highest BCUT2D eigenvalue weighted by Crippen LogP contribution is 2.15. The van der Waals surface area contributed by atoms with Gasteiger partial charge in [0.1, 0.15) is 0 Å². The first kappa shape index (κ1) is 27.5. The van der Waals surface area contributed by atoms with Gasteiger partial charge in [0.15, 0.2) is 0 Å². The topological polar surface area (TPSA) is 47.6 Å². The van der Waals surface area contributed by atoms with Gasteiger partial charge in [-0.2, -0.15) is 0 Å². The number of hydrogen-bond acceptors (Lipinski definition) is 4. The number of carbonyl (C=O) groups is 1. The maximum atomic E-state index is 11.8. The maximum absolute atomic E-state index is 11.8. The first-order valence-corrected chi connectivity index (χ1v) is 8.65. The molecule has 1 heterocycles. The maximum Gasteiger partial charge on any atom is 0.224 e. The highest BCUT2D eigenvalue weighted by Gasteiger charge is 2.16. The van der Waals surface area contributed by atoms with Gasteiger partial charge in [-0.05, 0) is 32.1 Å². The molecule has 0 bridgehead atoms. The van der Waals surface area contributed by atoms with Crippen LogP contribution in [0, 0.1) is 5.92 Å². The summed E-state index contributed by atoms with van der Waals surface area (Å²) in [6.07, 6.45) is 1.02. The molecule has 8 heteroatoms. The van der Waals surface area contributed by atoms with E-state index in [2.05, 4.69) is 50.8 Å². The van der Waals surface area contributed by atoms with Crippen LogP contribution in [-0.4, -0.2) is 63.7 Å². The van der Waals surface area contributed by atoms with Crippen LogP contribution < -0.4 is 15.5 Å². The number of piperazine rings is 1. The van der Waals surface area contributed by atoms with Crippen LogP contribution in [0.15, 0.2) is 30.3 Å². The van der Waals surface area contributed by atoms with E-state index in [9.17, 15) is 4.79 Å². The Kier molecular flexibility index (Phi) is 16.2. The van der Waals surface area contributed by atoms with Crippen molar-refractivity contribution in [3.05, 3.63) is 30.3 Å². The molecular formula is C18H33Cl3N4O. The summed E-state index contributed by atoms with van der Waals surface area (Å²) in [5, 5.41) is 6.06. The van der Waals surface area contributed by atoms with Gasteiger partial charge in [-0.25, -0.2) is 0 Å². The molecule has 2 N–H and O–H groups in total. The normalized spacial score (nSPS) is 15.1. The van der Waals surface area contributed by atoms with Crippen molar-refractivity contribution in [2.24, 2.45) is 5.92 Å². The van der Waals surface area contributed by atoms with Crippen LogP contribution in [0.1, 0.15) is 13.3 Å². The standard InChI is InChI=1S/C18H30N4O.3ClH/c1-16(15-19-2)18(23)20-9-6-10-21-11-13-22(14-12-21)17-7-4-3-5-8-17;;;/h3-5,7-8,16,19H,6,9-15H2,1-2H3,(H,20,23);3*1H. The summed E-state index contributed by atoms with van der Waals surface area (Å²) in [6.45, 7) is 8.86. The van der Waals surface area contributed by atoms with Crippen molar-refractivity contribution in [1.82, 2.24) is 15.5 Å². The Morgan fingerprint density at radius 3 is 2.27 bits per heavy atom. The Labute approximate surface area is 176 Å². The monoisotopic (exact) mass is 426 g/mol. The SMILES string of the molecule is CNCC(C)C(=O)NCCCN1CCN(c2ccccc2)CC1.Cl.Cl.Cl. The zero-order chi connectivity index (χ0) is 16.5. The molecular weight excluding hydrogens is 395 g/mol. The van der Waals surface area contributed by atoms with Crippen LogP contribution in [0.3, 0.4) is 0 Å². The van der Waals surface area contributed by atoms with E-state index in [0.29, 0.717) is 0 Å². The van der Waals surface area contributed by atoms with Crippen LogP contribution in [0.2, 0.25) is 0 Å². The van der Waals surface area contributed by atoms with Gasteiger partial charge in [0.25, 0.3) is 0 Å². The zero-order valence-corrected chi connectivity index (χ0v) is 18.1. The molecule has 0 radical (unpaired) electrons. The lowest BCUT2D eigenvalue weighted by Crippen LogP contribution is -2.47. The number of para-hydroxylation sites is 1. The van der Waals surface area contributed by atoms with Gasteiger partial charge >= 0.3 is 0 Å². The van der Waals surface area contributed by atoms with Crippen molar-refractivity contribution >= 4 is 48.8 Å². The third kappa shape index (κ3) is 9.28. The summed E-state index contributed by atoms with van der Waals surface area (Å²) < 4.78 is 0. The van der Waals surface area contributed by atoms with Crippen molar-refractivity contribution in [3.8, 4) is 0 Å². The second-order valence-corrected chi connectivity index (χ2v) is 6.27. The molecule has 1 amide bonds. The van der Waals surface area contributed by atoms with Crippen LogP contribution in [0.5, 0.6) is 0 Å². The number of anilines is 1. The zero-order valence-electron chi connectivity index (χ0n) is 15.6. The summed E-state index contributed by atoms with van der Waals surface area (Å²) in [5.74, 6) is 0.183. The molecule has 0 aliphatic carbocycles. The first-order chi connectivity index (χ1) is 11.2. The Bertz CT molecular complexity index is 471. The minimum absolute atomic E-state index is 0. The van der Waals surface area contributed by atoms with E-state index in [0.717, 1.165) is 52.2 Å². The Morgan fingerprint density at radius 1 is 1.08 bits per heavy atom. The molecule has 1 unspecified atom stereocenters. The fourth-order valence-electron chi connectivity index (χ4n) is 2.96. The van der Waals surface area contributed by atoms with Crippen molar-refractivity contribution in [3.63, 3.8) is 0 Å². The van der Waals surface area contributed by atoms with E-state index >= 15 is 0 Å². The fourth-order valence-corrected chi connectivity index (χ4v) is 2.96. The third-order valence-corrected chi connectivity index (χ3v) is 4.40. The molecule has 1 saturated heterocycles. The lowest BCUT2D eigenvalue weighted by atomic mass is 10.1. The van der Waals surface area contributed by atoms with Crippen molar-refractivity contribution in [1.29, 1.82) is 0 Å². The van der Waals surface area contributed by atoms with Gasteiger partial charge in [-0.15, -0.1) is 37.2 Å². The summed E-state index contributed by atoms with van der Waals surface area (Å²) in [7, 11) is 1.87. The van der Waals surface area contributed by atoms with E-state index in [1.807, 2.05) is 14.0 Å². The smallest absolute Gasteiger partial charge is 0.224 e. The molecule has 1 aromatic rings. The lowest BCUT2D eigenvalue weighted by Gasteiger charge is -2.36. The predicted molar refractivity (Wildman–Crippen MR) is 118 cm³/mol. The highest BCUT2D eigenvalue weighted by molar-refractivity contribution is 5.86. The van der Waals surface area contributed by atoms with Gasteiger partial charge in [0, 0.05) is 50.9 Å². The second kappa shape index (κ2) is 15.3. The molecule has 1 aliphatic heterocycles. The molecule has 5 nitrogen and oxygen atoms in total. The number of benzene rings is 1. The molecule has 152 valence electrons. The Hall–Kier alpha value is -0.720. The minimum atomic E-state index is 0. The molecule has 0 saturated carbocycles. The van der Waals surface area contributed by atoms with Gasteiger partial charge in [-0.3, -0.25) is 9.69 Å². The van der Waals surface area contributed by atoms with Gasteiger partial charge in [0.2, 0.25) is 5.91 Å². The molecule has 1 aliphatic rings. The van der Waals surface area contributed by atoms with Gasteiger partial charge in [0.05, 0.1) is 0 Å². The van der Waals surface area contributed by atoms with Gasteiger partial charge < -0.3 is 15.5 Å². The number of nitrogens with one attached hydrogen (secondary N) is 2. The predicted octanol–water partition coefficient (Wildman–Crippen LogP) is 2.44. The highest BCUT2D eigenvalue weighted by atomic mass is 35.5. The molecule has 26 heavy (non-hydrogen) atoms. The second-order valence-electron chi connectivity index (χ2n) is 6.27. The lowest BCUT2D eigenvalue weighted by molar-refractivity contribution is -0.124. The van der Waals surface area contributed by atoms with Crippen LogP contribution in [-0.2, 0) is 4.79 Å². The average Bonchev–Trinajstić information content (AvgIpc) is 2.60. The van der Waals surface area contributed by atoms with E-state index in [1.54, 1.807) is 0 Å². The van der Waals surface area contributed by atoms with Crippen molar-refractivity contribution in [2.75, 3.05) is 57.8 Å². The Morgan fingerprint density at radius 2 is 1.69 bits per heavy atom. The van der Waals surface area contributed by atoms with Crippen LogP contribution in [0.25, 0.3) is 0 Å². The molecule has 1 fully saturated rings. The number of nitrogens with zero attached hydrogens (tertiary/aromatic N) is 2. The van der Waals surface area contributed by atoms with Crippen LogP contribution in [0.4, 0.5) is 5.69 Å². The first-order valence-electron chi connectivity index (χ1n) is 8.65. The fraction of sp³-hybridized carbons (Fsp3) is 0.611. The number of carbonyl (C=O) groups excluding carboxylic acids is 1. The Balaban J connectivity index is 0. The number of rotatable bonds is 8. The van der Waals surface area contributed by atoms with Crippen LogP contribution >= 0.6 is 37.2 Å². The molecule has 1 aromatic carbocycles. The van der Waals surface area contributed by atoms with E-state index in [4.69, 9.17) is 0 Å². The van der Waals surface area contributed by atoms with E-state index in [-0.39, 0.29) is 49.0 Å². The number of amides is 1. The summed E-state index contributed by atoms with van der Waals surface area (Å²) in [4.78, 5) is 16.7. The number of halogens is 3. The van der Waals surface area contributed by atoms with Crippen molar-refractivity contribution < 1.29 is 4.79 Å². The van der Waals surface area contributed by atoms with E-state index < -0.39 is 0 Å². The summed E-state index contributed by atoms with van der Waals surface area (Å²) in [6, 6.07) is 10.6. The largest absolute Gasteiger partial charge is 0.369 e. The molecule has 0 spiro atoms. The molecule has 1 atom stereocenters. The third-order valence-electron chi connectivity index (χ3n) is 4.40. The average molecular weight is 428 g/mol. The molecule has 0 aromatic heterocycles. The summed E-state index contributed by atoms with van der Waals surface area (Å²) >= 11 is 0. The minimum Gasteiger partial charge on any atom is -0.369 e. The van der Waals surface area contributed by atoms with Gasteiger partial charge in [-0.1, -0.05) is 25.1 Å². The van der Waals surface area contributed by atoms with E-state index in [1.165, 1.54) is 5.69 Å². The van der Waals surface area contributed by atoms with Crippen molar-refractivity contribution in [2.45, 2.75) is 13.3 Å². The number of hydrogen-bond donors (Lipinski definition) is 2. The molecule has 2 rings (SSSR count). The summed E-state index contributed by atoms with van der Waals surface area (Å²) in [5.41, 5.74) is 1.32. The quantitative estimate of drug-likeness (QED) is 0.626.